The van der Waals surface area contributed by atoms with Crippen molar-refractivity contribution in [1.29, 1.82) is 0 Å². The molecule has 1 aromatic carbocycles. The van der Waals surface area contributed by atoms with Gasteiger partial charge in [0.1, 0.15) is 17.3 Å². The molecular formula is C15H20N2O2S. The predicted octanol–water partition coefficient (Wildman–Crippen LogP) is 2.87. The van der Waals surface area contributed by atoms with Gasteiger partial charge in [0.05, 0.1) is 5.69 Å². The summed E-state index contributed by atoms with van der Waals surface area (Å²) in [5.41, 5.74) is 5.83. The zero-order valence-corrected chi connectivity index (χ0v) is 12.5. The third-order valence-electron chi connectivity index (χ3n) is 3.76. The third-order valence-corrected chi connectivity index (χ3v) is 3.88. The molecule has 0 aliphatic heterocycles. The number of nitrogens with two attached hydrogens (primary N) is 1. The summed E-state index contributed by atoms with van der Waals surface area (Å²) in [6.45, 7) is 2.19. The smallest absolute Gasteiger partial charge is 0.230 e. The second-order valence-corrected chi connectivity index (χ2v) is 6.00. The van der Waals surface area contributed by atoms with Crippen LogP contribution in [0, 0.1) is 5.41 Å². The Morgan fingerprint density at radius 1 is 1.40 bits per heavy atom. The maximum atomic E-state index is 12.4. The van der Waals surface area contributed by atoms with Gasteiger partial charge in [-0.25, -0.2) is 0 Å². The van der Waals surface area contributed by atoms with Gasteiger partial charge in [-0.3, -0.25) is 4.79 Å². The molecule has 0 radical (unpaired) electrons. The molecule has 0 aromatic heterocycles. The first-order valence-electron chi connectivity index (χ1n) is 6.83. The Bertz CT molecular complexity index is 510. The van der Waals surface area contributed by atoms with Gasteiger partial charge in [0, 0.05) is 5.41 Å². The minimum absolute atomic E-state index is 0.0568. The normalized spacial score (nSPS) is 16.6. The number of nitrogens with one attached hydrogen (secondary N) is 1. The van der Waals surface area contributed by atoms with E-state index in [9.17, 15) is 4.79 Å². The fraction of sp³-hybridized carbons (Fsp3) is 0.467. The summed E-state index contributed by atoms with van der Waals surface area (Å²) < 4.78 is 5.51. The van der Waals surface area contributed by atoms with Crippen molar-refractivity contribution < 1.29 is 9.53 Å². The molecule has 0 spiro atoms. The van der Waals surface area contributed by atoms with Gasteiger partial charge in [-0.15, -0.1) is 0 Å². The lowest BCUT2D eigenvalue weighted by Gasteiger charge is -2.23. The van der Waals surface area contributed by atoms with E-state index in [1.165, 1.54) is 0 Å². The SMILES string of the molecule is CC1(C(=O)Nc2ccccc2OCC(N)=S)CCCC1. The first kappa shape index (κ1) is 14.8. The van der Waals surface area contributed by atoms with Crippen molar-refractivity contribution >= 4 is 28.8 Å². The highest BCUT2D eigenvalue weighted by Crippen LogP contribution is 2.39. The summed E-state index contributed by atoms with van der Waals surface area (Å²) >= 11 is 4.80. The molecule has 1 fully saturated rings. The highest BCUT2D eigenvalue weighted by molar-refractivity contribution is 7.80. The third kappa shape index (κ3) is 3.48. The van der Waals surface area contributed by atoms with E-state index in [0.717, 1.165) is 25.7 Å². The van der Waals surface area contributed by atoms with Crippen molar-refractivity contribution in [3.8, 4) is 5.75 Å². The van der Waals surface area contributed by atoms with Crippen LogP contribution in [0.25, 0.3) is 0 Å². The molecule has 1 aromatic rings. The van der Waals surface area contributed by atoms with Crippen LogP contribution in [-0.2, 0) is 4.79 Å². The minimum atomic E-state index is -0.268. The Morgan fingerprint density at radius 2 is 2.05 bits per heavy atom. The average molecular weight is 292 g/mol. The van der Waals surface area contributed by atoms with Gasteiger partial charge in [-0.2, -0.15) is 0 Å². The summed E-state index contributed by atoms with van der Waals surface area (Å²) in [6, 6.07) is 7.33. The van der Waals surface area contributed by atoms with E-state index < -0.39 is 0 Å². The van der Waals surface area contributed by atoms with Crippen LogP contribution < -0.4 is 15.8 Å². The standard InChI is InChI=1S/C15H20N2O2S/c1-15(8-4-5-9-15)14(18)17-11-6-2-3-7-12(11)19-10-13(16)20/h2-3,6-7H,4-5,8-10H2,1H3,(H2,16,20)(H,17,18). The molecule has 2 rings (SSSR count). The Kier molecular flexibility index (Phi) is 4.60. The minimum Gasteiger partial charge on any atom is -0.484 e. The predicted molar refractivity (Wildman–Crippen MR) is 83.9 cm³/mol. The molecule has 0 unspecified atom stereocenters. The summed E-state index contributed by atoms with van der Waals surface area (Å²) in [5, 5.41) is 2.97. The van der Waals surface area contributed by atoms with Gasteiger partial charge in [-0.1, -0.05) is 44.1 Å². The van der Waals surface area contributed by atoms with Crippen LogP contribution in [0.2, 0.25) is 0 Å². The number of hydrogen-bond acceptors (Lipinski definition) is 3. The zero-order valence-electron chi connectivity index (χ0n) is 11.6. The van der Waals surface area contributed by atoms with Crippen molar-refractivity contribution in [2.45, 2.75) is 32.6 Å². The number of ether oxygens (including phenoxy) is 1. The van der Waals surface area contributed by atoms with Crippen molar-refractivity contribution in [2.75, 3.05) is 11.9 Å². The number of rotatable bonds is 5. The molecule has 0 bridgehead atoms. The lowest BCUT2D eigenvalue weighted by Crippen LogP contribution is -2.31. The monoisotopic (exact) mass is 292 g/mol. The summed E-state index contributed by atoms with van der Waals surface area (Å²) in [5.74, 6) is 0.650. The van der Waals surface area contributed by atoms with Gasteiger partial charge in [0.25, 0.3) is 0 Å². The van der Waals surface area contributed by atoms with E-state index in [1.807, 2.05) is 25.1 Å². The van der Waals surface area contributed by atoms with Crippen LogP contribution >= 0.6 is 12.2 Å². The molecule has 0 atom stereocenters. The van der Waals surface area contributed by atoms with Gasteiger partial charge < -0.3 is 15.8 Å². The van der Waals surface area contributed by atoms with E-state index in [2.05, 4.69) is 5.32 Å². The lowest BCUT2D eigenvalue weighted by molar-refractivity contribution is -0.124. The molecule has 20 heavy (non-hydrogen) atoms. The average Bonchev–Trinajstić information content (AvgIpc) is 2.86. The molecule has 1 amide bonds. The number of para-hydroxylation sites is 2. The molecule has 3 N–H and O–H groups in total. The molecule has 0 saturated heterocycles. The molecule has 0 heterocycles. The van der Waals surface area contributed by atoms with Crippen LogP contribution in [0.3, 0.4) is 0 Å². The lowest BCUT2D eigenvalue weighted by atomic mass is 9.88. The second-order valence-electron chi connectivity index (χ2n) is 5.47. The maximum absolute atomic E-state index is 12.4. The fourth-order valence-corrected chi connectivity index (χ4v) is 2.56. The molecule has 1 aliphatic rings. The summed E-state index contributed by atoms with van der Waals surface area (Å²) in [7, 11) is 0. The van der Waals surface area contributed by atoms with Crippen LogP contribution in [0.1, 0.15) is 32.6 Å². The van der Waals surface area contributed by atoms with Crippen molar-refractivity contribution in [2.24, 2.45) is 11.1 Å². The Labute approximate surface area is 124 Å². The van der Waals surface area contributed by atoms with Crippen molar-refractivity contribution in [3.63, 3.8) is 0 Å². The van der Waals surface area contributed by atoms with E-state index in [1.54, 1.807) is 6.07 Å². The number of carbonyl (C=O) groups is 1. The van der Waals surface area contributed by atoms with Crippen LogP contribution in [0.5, 0.6) is 5.75 Å². The van der Waals surface area contributed by atoms with Crippen LogP contribution in [0.4, 0.5) is 5.69 Å². The molecule has 1 saturated carbocycles. The zero-order chi connectivity index (χ0) is 14.6. The van der Waals surface area contributed by atoms with Gasteiger partial charge in [0.2, 0.25) is 5.91 Å². The molecule has 4 nitrogen and oxygen atoms in total. The number of anilines is 1. The number of hydrogen-bond donors (Lipinski definition) is 2. The number of amides is 1. The maximum Gasteiger partial charge on any atom is 0.230 e. The van der Waals surface area contributed by atoms with Crippen LogP contribution in [-0.4, -0.2) is 17.5 Å². The first-order chi connectivity index (χ1) is 9.51. The Hall–Kier alpha value is -1.62. The summed E-state index contributed by atoms with van der Waals surface area (Å²) in [6.07, 6.45) is 4.11. The molecular weight excluding hydrogens is 272 g/mol. The van der Waals surface area contributed by atoms with E-state index in [4.69, 9.17) is 22.7 Å². The molecule has 1 aliphatic carbocycles. The quantitative estimate of drug-likeness (QED) is 0.819. The van der Waals surface area contributed by atoms with Crippen molar-refractivity contribution in [1.82, 2.24) is 0 Å². The van der Waals surface area contributed by atoms with Gasteiger partial charge in [-0.05, 0) is 25.0 Å². The highest BCUT2D eigenvalue weighted by Gasteiger charge is 2.36. The molecule has 108 valence electrons. The largest absolute Gasteiger partial charge is 0.484 e. The van der Waals surface area contributed by atoms with E-state index in [-0.39, 0.29) is 22.9 Å². The van der Waals surface area contributed by atoms with E-state index >= 15 is 0 Å². The number of carbonyl (C=O) groups excluding carboxylic acids is 1. The van der Waals surface area contributed by atoms with Crippen LogP contribution in [0.15, 0.2) is 24.3 Å². The highest BCUT2D eigenvalue weighted by atomic mass is 32.1. The Morgan fingerprint density at radius 3 is 2.70 bits per heavy atom. The summed E-state index contributed by atoms with van der Waals surface area (Å²) in [4.78, 5) is 12.7. The number of benzene rings is 1. The van der Waals surface area contributed by atoms with E-state index in [0.29, 0.717) is 11.4 Å². The molecule has 5 heteroatoms. The van der Waals surface area contributed by atoms with Gasteiger partial charge >= 0.3 is 0 Å². The number of thiocarbonyl (C=S) groups is 1. The fourth-order valence-electron chi connectivity index (χ4n) is 2.50. The second kappa shape index (κ2) is 6.22. The first-order valence-corrected chi connectivity index (χ1v) is 7.24. The van der Waals surface area contributed by atoms with Crippen molar-refractivity contribution in [3.05, 3.63) is 24.3 Å². The Balaban J connectivity index is 2.08. The topological polar surface area (TPSA) is 64.3 Å². The van der Waals surface area contributed by atoms with Gasteiger partial charge in [0.15, 0.2) is 0 Å².